The summed E-state index contributed by atoms with van der Waals surface area (Å²) in [6, 6.07) is 0. The molecule has 0 aliphatic carbocycles. The highest BCUT2D eigenvalue weighted by molar-refractivity contribution is 7.84. The van der Waals surface area contributed by atoms with Gasteiger partial charge in [0, 0.05) is 29.4 Å². The van der Waals surface area contributed by atoms with Gasteiger partial charge in [0.1, 0.15) is 0 Å². The number of hydrogen-bond donors (Lipinski definition) is 2. The van der Waals surface area contributed by atoms with Crippen LogP contribution < -0.4 is 10.6 Å². The number of carbonyl (C=O) groups excluding carboxylic acids is 1. The maximum atomic E-state index is 11.6. The molecule has 1 amide bonds. The zero-order valence-electron chi connectivity index (χ0n) is 9.35. The van der Waals surface area contributed by atoms with Crippen LogP contribution in [0.25, 0.3) is 0 Å². The quantitative estimate of drug-likeness (QED) is 0.655. The van der Waals surface area contributed by atoms with Gasteiger partial charge in [0.2, 0.25) is 5.91 Å². The Hall–Kier alpha value is -0.420. The number of hydrogen-bond acceptors (Lipinski definition) is 3. The second-order valence-corrected chi connectivity index (χ2v) is 5.24. The Morgan fingerprint density at radius 1 is 1.43 bits per heavy atom. The SMILES string of the molecule is CCNC(C)(C)C(=O)NCCS(C)=O. The molecular weight excluding hydrogens is 200 g/mol. The Morgan fingerprint density at radius 2 is 2.00 bits per heavy atom. The normalized spacial score (nSPS) is 13.7. The lowest BCUT2D eigenvalue weighted by molar-refractivity contribution is -0.126. The van der Waals surface area contributed by atoms with Gasteiger partial charge in [0.25, 0.3) is 0 Å². The van der Waals surface area contributed by atoms with Crippen molar-refractivity contribution in [3.8, 4) is 0 Å². The second-order valence-electron chi connectivity index (χ2n) is 3.69. The molecule has 0 aromatic heterocycles. The van der Waals surface area contributed by atoms with E-state index in [-0.39, 0.29) is 5.91 Å². The van der Waals surface area contributed by atoms with Gasteiger partial charge in [-0.15, -0.1) is 0 Å². The fraction of sp³-hybridized carbons (Fsp3) is 0.889. The molecule has 0 fully saturated rings. The van der Waals surface area contributed by atoms with E-state index < -0.39 is 16.3 Å². The van der Waals surface area contributed by atoms with Crippen molar-refractivity contribution < 1.29 is 9.00 Å². The first-order chi connectivity index (χ1) is 6.40. The summed E-state index contributed by atoms with van der Waals surface area (Å²) in [6.07, 6.45) is 1.63. The lowest BCUT2D eigenvalue weighted by atomic mass is 10.1. The number of carbonyl (C=O) groups is 1. The fourth-order valence-corrected chi connectivity index (χ4v) is 1.44. The number of amides is 1. The van der Waals surface area contributed by atoms with Gasteiger partial charge in [-0.05, 0) is 20.4 Å². The van der Waals surface area contributed by atoms with Crippen LogP contribution in [-0.2, 0) is 15.6 Å². The van der Waals surface area contributed by atoms with Gasteiger partial charge in [0.15, 0.2) is 0 Å². The van der Waals surface area contributed by atoms with Gasteiger partial charge in [-0.25, -0.2) is 0 Å². The minimum Gasteiger partial charge on any atom is -0.354 e. The van der Waals surface area contributed by atoms with Crippen LogP contribution >= 0.6 is 0 Å². The molecule has 0 radical (unpaired) electrons. The Balaban J connectivity index is 3.88. The highest BCUT2D eigenvalue weighted by Gasteiger charge is 2.25. The highest BCUT2D eigenvalue weighted by atomic mass is 32.2. The first kappa shape index (κ1) is 13.6. The maximum Gasteiger partial charge on any atom is 0.239 e. The number of likely N-dealkylation sites (N-methyl/N-ethyl adjacent to an activating group) is 1. The molecular formula is C9H20N2O2S. The first-order valence-corrected chi connectivity index (χ1v) is 6.46. The molecule has 1 atom stereocenters. The summed E-state index contributed by atoms with van der Waals surface area (Å²) < 4.78 is 10.7. The van der Waals surface area contributed by atoms with Crippen LogP contribution in [0.2, 0.25) is 0 Å². The highest BCUT2D eigenvalue weighted by Crippen LogP contribution is 2.00. The molecule has 0 heterocycles. The molecule has 1 unspecified atom stereocenters. The third-order valence-electron chi connectivity index (χ3n) is 1.86. The lowest BCUT2D eigenvalue weighted by Gasteiger charge is -2.24. The molecule has 0 spiro atoms. The van der Waals surface area contributed by atoms with E-state index in [1.165, 1.54) is 0 Å². The molecule has 84 valence electrons. The summed E-state index contributed by atoms with van der Waals surface area (Å²) in [4.78, 5) is 11.6. The van der Waals surface area contributed by atoms with E-state index in [0.29, 0.717) is 12.3 Å². The minimum absolute atomic E-state index is 0.0511. The van der Waals surface area contributed by atoms with Crippen LogP contribution in [-0.4, -0.2) is 40.8 Å². The number of rotatable bonds is 6. The van der Waals surface area contributed by atoms with E-state index in [1.54, 1.807) is 6.26 Å². The van der Waals surface area contributed by atoms with Crippen LogP contribution in [0.5, 0.6) is 0 Å². The topological polar surface area (TPSA) is 58.2 Å². The van der Waals surface area contributed by atoms with Gasteiger partial charge < -0.3 is 10.6 Å². The first-order valence-electron chi connectivity index (χ1n) is 4.73. The van der Waals surface area contributed by atoms with Crippen molar-refractivity contribution in [1.29, 1.82) is 0 Å². The number of nitrogens with one attached hydrogen (secondary N) is 2. The summed E-state index contributed by atoms with van der Waals surface area (Å²) in [6.45, 7) is 6.83. The zero-order chi connectivity index (χ0) is 11.2. The summed E-state index contributed by atoms with van der Waals surface area (Å²) in [5, 5.41) is 5.82. The zero-order valence-corrected chi connectivity index (χ0v) is 10.2. The molecule has 0 saturated carbocycles. The van der Waals surface area contributed by atoms with Crippen molar-refractivity contribution in [1.82, 2.24) is 10.6 Å². The molecule has 5 heteroatoms. The van der Waals surface area contributed by atoms with E-state index in [2.05, 4.69) is 10.6 Å². The van der Waals surface area contributed by atoms with E-state index in [9.17, 15) is 9.00 Å². The molecule has 0 bridgehead atoms. The van der Waals surface area contributed by atoms with Crippen molar-refractivity contribution in [2.75, 3.05) is 25.1 Å². The fourth-order valence-electron chi connectivity index (χ4n) is 1.05. The van der Waals surface area contributed by atoms with Crippen LogP contribution in [0, 0.1) is 0 Å². The standard InChI is InChI=1S/C9H20N2O2S/c1-5-11-9(2,3)8(12)10-6-7-14(4)13/h11H,5-7H2,1-4H3,(H,10,12). The Kier molecular flexibility index (Phi) is 5.95. The molecule has 0 saturated heterocycles. The molecule has 0 aliphatic heterocycles. The second kappa shape index (κ2) is 6.14. The third-order valence-corrected chi connectivity index (χ3v) is 2.64. The predicted octanol–water partition coefficient (Wildman–Crippen LogP) is -0.131. The third kappa shape index (κ3) is 5.34. The smallest absolute Gasteiger partial charge is 0.239 e. The summed E-state index contributed by atoms with van der Waals surface area (Å²) in [7, 11) is -0.848. The van der Waals surface area contributed by atoms with Crippen LogP contribution in [0.4, 0.5) is 0 Å². The monoisotopic (exact) mass is 220 g/mol. The van der Waals surface area contributed by atoms with Gasteiger partial charge in [-0.2, -0.15) is 0 Å². The van der Waals surface area contributed by atoms with E-state index in [1.807, 2.05) is 20.8 Å². The van der Waals surface area contributed by atoms with Crippen molar-refractivity contribution in [3.63, 3.8) is 0 Å². The maximum absolute atomic E-state index is 11.6. The predicted molar refractivity (Wildman–Crippen MR) is 59.7 cm³/mol. The minimum atomic E-state index is -0.848. The Labute approximate surface area is 88.3 Å². The Morgan fingerprint density at radius 3 is 2.43 bits per heavy atom. The summed E-state index contributed by atoms with van der Waals surface area (Å²) in [5.41, 5.74) is -0.552. The van der Waals surface area contributed by atoms with Gasteiger partial charge in [0.05, 0.1) is 5.54 Å². The molecule has 2 N–H and O–H groups in total. The van der Waals surface area contributed by atoms with Gasteiger partial charge in [-0.1, -0.05) is 6.92 Å². The van der Waals surface area contributed by atoms with Gasteiger partial charge >= 0.3 is 0 Å². The van der Waals surface area contributed by atoms with Crippen LogP contribution in [0.1, 0.15) is 20.8 Å². The van der Waals surface area contributed by atoms with E-state index in [0.717, 1.165) is 6.54 Å². The lowest BCUT2D eigenvalue weighted by Crippen LogP contribution is -2.53. The van der Waals surface area contributed by atoms with E-state index >= 15 is 0 Å². The summed E-state index contributed by atoms with van der Waals surface area (Å²) >= 11 is 0. The molecule has 14 heavy (non-hydrogen) atoms. The Bertz CT molecular complexity index is 217. The van der Waals surface area contributed by atoms with Crippen molar-refractivity contribution >= 4 is 16.7 Å². The molecule has 0 aromatic carbocycles. The average Bonchev–Trinajstić information content (AvgIpc) is 2.03. The largest absolute Gasteiger partial charge is 0.354 e. The van der Waals surface area contributed by atoms with Gasteiger partial charge in [-0.3, -0.25) is 9.00 Å². The molecule has 0 aromatic rings. The van der Waals surface area contributed by atoms with Crippen LogP contribution in [0.3, 0.4) is 0 Å². The van der Waals surface area contributed by atoms with Crippen molar-refractivity contribution in [3.05, 3.63) is 0 Å². The van der Waals surface area contributed by atoms with E-state index in [4.69, 9.17) is 0 Å². The molecule has 0 aliphatic rings. The average molecular weight is 220 g/mol. The van der Waals surface area contributed by atoms with Crippen LogP contribution in [0.15, 0.2) is 0 Å². The molecule has 4 nitrogen and oxygen atoms in total. The van der Waals surface area contributed by atoms with Crippen molar-refractivity contribution in [2.45, 2.75) is 26.3 Å². The van der Waals surface area contributed by atoms with Crippen molar-refractivity contribution in [2.24, 2.45) is 0 Å². The summed E-state index contributed by atoms with van der Waals surface area (Å²) in [5.74, 6) is 0.457. The molecule has 0 rings (SSSR count).